The normalized spacial score (nSPS) is 13.9. The van der Waals surface area contributed by atoms with Gasteiger partial charge in [-0.3, -0.25) is 0 Å². The first-order valence-corrected chi connectivity index (χ1v) is 4.78. The average Bonchev–Trinajstić information content (AvgIpc) is 2.09. The van der Waals surface area contributed by atoms with Crippen molar-refractivity contribution >= 4 is 0 Å². The number of halogens is 2. The summed E-state index contributed by atoms with van der Waals surface area (Å²) in [5, 5.41) is 11.4. The van der Waals surface area contributed by atoms with Gasteiger partial charge in [-0.1, -0.05) is 13.8 Å². The van der Waals surface area contributed by atoms with Gasteiger partial charge < -0.3 is 15.2 Å². The lowest BCUT2D eigenvalue weighted by Crippen LogP contribution is -2.33. The third-order valence-corrected chi connectivity index (χ3v) is 1.52. The number of alkyl halides is 2. The van der Waals surface area contributed by atoms with Crippen molar-refractivity contribution < 1.29 is 18.6 Å². The van der Waals surface area contributed by atoms with Crippen molar-refractivity contribution in [1.82, 2.24) is 5.32 Å². The van der Waals surface area contributed by atoms with E-state index < -0.39 is 12.5 Å². The summed E-state index contributed by atoms with van der Waals surface area (Å²) in [6.45, 7) is 5.61. The molecule has 0 aromatic rings. The predicted octanol–water partition coefficient (Wildman–Crippen LogP) is 0.875. The molecule has 14 heavy (non-hydrogen) atoms. The van der Waals surface area contributed by atoms with Gasteiger partial charge in [-0.25, -0.2) is 8.78 Å². The van der Waals surface area contributed by atoms with Gasteiger partial charge in [-0.2, -0.15) is 0 Å². The van der Waals surface area contributed by atoms with E-state index in [0.29, 0.717) is 25.7 Å². The van der Waals surface area contributed by atoms with E-state index in [2.05, 4.69) is 5.32 Å². The average molecular weight is 211 g/mol. The van der Waals surface area contributed by atoms with Gasteiger partial charge in [0.25, 0.3) is 6.43 Å². The van der Waals surface area contributed by atoms with E-state index in [0.717, 1.165) is 0 Å². The third-order valence-electron chi connectivity index (χ3n) is 1.52. The molecule has 86 valence electrons. The summed E-state index contributed by atoms with van der Waals surface area (Å²) in [6, 6.07) is 0. The molecular weight excluding hydrogens is 192 g/mol. The first kappa shape index (κ1) is 13.7. The summed E-state index contributed by atoms with van der Waals surface area (Å²) < 4.78 is 28.8. The van der Waals surface area contributed by atoms with Crippen molar-refractivity contribution in [2.24, 2.45) is 5.92 Å². The van der Waals surface area contributed by atoms with E-state index in [1.165, 1.54) is 0 Å². The van der Waals surface area contributed by atoms with Crippen LogP contribution in [-0.4, -0.2) is 43.9 Å². The van der Waals surface area contributed by atoms with Crippen molar-refractivity contribution in [2.75, 3.05) is 26.3 Å². The van der Waals surface area contributed by atoms with Gasteiger partial charge in [0.05, 0.1) is 6.61 Å². The molecule has 0 aromatic carbocycles. The third kappa shape index (κ3) is 8.34. The quantitative estimate of drug-likeness (QED) is 0.585. The van der Waals surface area contributed by atoms with Crippen LogP contribution in [-0.2, 0) is 4.74 Å². The Balaban J connectivity index is 3.13. The van der Waals surface area contributed by atoms with Crippen LogP contribution >= 0.6 is 0 Å². The summed E-state index contributed by atoms with van der Waals surface area (Å²) in [6.07, 6.45) is -4.26. The van der Waals surface area contributed by atoms with Crippen LogP contribution in [0.3, 0.4) is 0 Å². The van der Waals surface area contributed by atoms with Crippen LogP contribution in [0.25, 0.3) is 0 Å². The van der Waals surface area contributed by atoms with Gasteiger partial charge in [-0.15, -0.1) is 0 Å². The van der Waals surface area contributed by atoms with Crippen LogP contribution in [0.5, 0.6) is 0 Å². The van der Waals surface area contributed by atoms with E-state index in [4.69, 9.17) is 9.84 Å². The molecule has 1 unspecified atom stereocenters. The number of rotatable bonds is 8. The molecule has 0 aliphatic carbocycles. The Morgan fingerprint density at radius 1 is 1.36 bits per heavy atom. The van der Waals surface area contributed by atoms with Crippen molar-refractivity contribution in [2.45, 2.75) is 26.4 Å². The van der Waals surface area contributed by atoms with Gasteiger partial charge >= 0.3 is 0 Å². The maximum absolute atomic E-state index is 11.8. The summed E-state index contributed by atoms with van der Waals surface area (Å²) in [5.41, 5.74) is 0. The second-order valence-electron chi connectivity index (χ2n) is 3.57. The van der Waals surface area contributed by atoms with Gasteiger partial charge in [0.15, 0.2) is 0 Å². The van der Waals surface area contributed by atoms with E-state index in [-0.39, 0.29) is 6.54 Å². The second-order valence-corrected chi connectivity index (χ2v) is 3.57. The molecule has 0 saturated carbocycles. The summed E-state index contributed by atoms with van der Waals surface area (Å²) in [4.78, 5) is 0. The zero-order chi connectivity index (χ0) is 11.0. The number of aliphatic hydroxyl groups is 1. The number of aliphatic hydroxyl groups excluding tert-OH is 1. The van der Waals surface area contributed by atoms with Crippen LogP contribution in [0.4, 0.5) is 8.78 Å². The lowest BCUT2D eigenvalue weighted by Gasteiger charge is -2.11. The van der Waals surface area contributed by atoms with Crippen molar-refractivity contribution in [3.63, 3.8) is 0 Å². The van der Waals surface area contributed by atoms with Gasteiger partial charge in [-0.05, 0) is 5.92 Å². The predicted molar refractivity (Wildman–Crippen MR) is 50.5 cm³/mol. The van der Waals surface area contributed by atoms with Crippen LogP contribution < -0.4 is 5.32 Å². The topological polar surface area (TPSA) is 41.5 Å². The molecule has 0 aliphatic rings. The summed E-state index contributed by atoms with van der Waals surface area (Å²) in [7, 11) is 0. The molecule has 2 N–H and O–H groups in total. The molecule has 0 bridgehead atoms. The van der Waals surface area contributed by atoms with E-state index in [9.17, 15) is 8.78 Å². The molecule has 0 amide bonds. The molecule has 0 fully saturated rings. The Bertz CT molecular complexity index is 134. The van der Waals surface area contributed by atoms with E-state index in [1.54, 1.807) is 0 Å². The zero-order valence-electron chi connectivity index (χ0n) is 8.67. The van der Waals surface area contributed by atoms with Crippen molar-refractivity contribution in [3.8, 4) is 0 Å². The Morgan fingerprint density at radius 3 is 2.50 bits per heavy atom. The minimum atomic E-state index is -2.68. The highest BCUT2D eigenvalue weighted by atomic mass is 19.3. The lowest BCUT2D eigenvalue weighted by atomic mass is 10.2. The molecule has 0 saturated heterocycles. The van der Waals surface area contributed by atoms with Crippen LogP contribution in [0.2, 0.25) is 0 Å². The largest absolute Gasteiger partial charge is 0.386 e. The molecule has 0 aromatic heterocycles. The van der Waals surface area contributed by atoms with Gasteiger partial charge in [0, 0.05) is 19.7 Å². The first-order valence-electron chi connectivity index (χ1n) is 4.78. The Labute approximate surface area is 83.4 Å². The highest BCUT2D eigenvalue weighted by Crippen LogP contribution is 1.98. The first-order chi connectivity index (χ1) is 6.54. The number of nitrogens with one attached hydrogen (secondary N) is 1. The second kappa shape index (κ2) is 8.08. The van der Waals surface area contributed by atoms with E-state index in [1.807, 2.05) is 13.8 Å². The van der Waals surface area contributed by atoms with E-state index >= 15 is 0 Å². The van der Waals surface area contributed by atoms with Crippen LogP contribution in [0, 0.1) is 5.92 Å². The van der Waals surface area contributed by atoms with Gasteiger partial charge in [0.1, 0.15) is 6.10 Å². The highest BCUT2D eigenvalue weighted by molar-refractivity contribution is 4.60. The van der Waals surface area contributed by atoms with Crippen molar-refractivity contribution in [1.29, 1.82) is 0 Å². The molecule has 1 atom stereocenters. The number of ether oxygens (including phenoxy) is 1. The van der Waals surface area contributed by atoms with Crippen LogP contribution in [0.1, 0.15) is 13.8 Å². The molecule has 0 radical (unpaired) electrons. The molecule has 0 rings (SSSR count). The highest BCUT2D eigenvalue weighted by Gasteiger charge is 2.15. The smallest absolute Gasteiger partial charge is 0.265 e. The molecule has 3 nitrogen and oxygen atoms in total. The molecule has 5 heteroatoms. The van der Waals surface area contributed by atoms with Crippen molar-refractivity contribution in [3.05, 3.63) is 0 Å². The number of hydrogen-bond donors (Lipinski definition) is 2. The fourth-order valence-electron chi connectivity index (χ4n) is 0.802. The fourth-order valence-corrected chi connectivity index (χ4v) is 0.802. The zero-order valence-corrected chi connectivity index (χ0v) is 8.67. The Kier molecular flexibility index (Phi) is 7.93. The maximum atomic E-state index is 11.8. The minimum absolute atomic E-state index is 0.0945. The molecule has 0 spiro atoms. The lowest BCUT2D eigenvalue weighted by molar-refractivity contribution is -0.00428. The summed E-state index contributed by atoms with van der Waals surface area (Å²) >= 11 is 0. The maximum Gasteiger partial charge on any atom is 0.265 e. The SMILES string of the molecule is CC(C)COCCNCC(O)C(F)F. The van der Waals surface area contributed by atoms with Crippen LogP contribution in [0.15, 0.2) is 0 Å². The molecular formula is C9H19F2NO2. The Morgan fingerprint density at radius 2 is 2.00 bits per heavy atom. The monoisotopic (exact) mass is 211 g/mol. The fraction of sp³-hybridized carbons (Fsp3) is 1.00. The summed E-state index contributed by atoms with van der Waals surface area (Å²) in [5.74, 6) is 0.474. The molecule has 0 aliphatic heterocycles. The minimum Gasteiger partial charge on any atom is -0.386 e. The Hall–Kier alpha value is -0.260. The molecule has 0 heterocycles. The van der Waals surface area contributed by atoms with Gasteiger partial charge in [0.2, 0.25) is 0 Å². The standard InChI is InChI=1S/C9H19F2NO2/c1-7(2)6-14-4-3-12-5-8(13)9(10)11/h7-9,12-13H,3-6H2,1-2H3. The number of hydrogen-bond acceptors (Lipinski definition) is 3.